The average molecular weight is 306 g/mol. The average Bonchev–Trinajstić information content (AvgIpc) is 2.47. The van der Waals surface area contributed by atoms with Crippen molar-refractivity contribution in [1.82, 2.24) is 4.98 Å². The van der Waals surface area contributed by atoms with Gasteiger partial charge >= 0.3 is 0 Å². The van der Waals surface area contributed by atoms with E-state index in [0.717, 1.165) is 0 Å². The number of likely N-dealkylation sites (N-methyl/N-ethyl adjacent to an activating group) is 1. The smallest absolute Gasteiger partial charge is 0.257 e. The van der Waals surface area contributed by atoms with Crippen molar-refractivity contribution in [2.75, 3.05) is 30.4 Å². The highest BCUT2D eigenvalue weighted by Crippen LogP contribution is 2.16. The molecule has 0 unspecified atom stereocenters. The number of pyridine rings is 1. The fraction of sp³-hybridized carbons (Fsp3) is 0.200. The zero-order chi connectivity index (χ0) is 15.2. The molecular formula is C15H16ClN3O2. The molecule has 2 N–H and O–H groups in total. The van der Waals surface area contributed by atoms with Crippen LogP contribution < -0.4 is 10.2 Å². The maximum atomic E-state index is 12.1. The predicted octanol–water partition coefficient (Wildman–Crippen LogP) is 2.42. The third kappa shape index (κ3) is 4.18. The van der Waals surface area contributed by atoms with E-state index in [0.29, 0.717) is 28.6 Å². The van der Waals surface area contributed by atoms with Gasteiger partial charge in [-0.05, 0) is 30.3 Å². The lowest BCUT2D eigenvalue weighted by Crippen LogP contribution is -2.22. The van der Waals surface area contributed by atoms with Crippen molar-refractivity contribution in [3.8, 4) is 0 Å². The van der Waals surface area contributed by atoms with Gasteiger partial charge in [-0.2, -0.15) is 0 Å². The number of aromatic nitrogens is 1. The first-order valence-corrected chi connectivity index (χ1v) is 6.83. The Labute approximate surface area is 128 Å². The van der Waals surface area contributed by atoms with Crippen LogP contribution in [-0.2, 0) is 0 Å². The summed E-state index contributed by atoms with van der Waals surface area (Å²) in [4.78, 5) is 18.1. The van der Waals surface area contributed by atoms with Gasteiger partial charge in [0.1, 0.15) is 5.82 Å². The van der Waals surface area contributed by atoms with Crippen LogP contribution in [0.15, 0.2) is 42.6 Å². The van der Waals surface area contributed by atoms with E-state index in [-0.39, 0.29) is 12.5 Å². The molecule has 110 valence electrons. The van der Waals surface area contributed by atoms with Crippen LogP contribution in [0.5, 0.6) is 0 Å². The number of nitrogens with one attached hydrogen (secondary N) is 1. The molecule has 0 fully saturated rings. The molecule has 5 nitrogen and oxygen atoms in total. The molecule has 1 aromatic heterocycles. The van der Waals surface area contributed by atoms with E-state index in [1.807, 2.05) is 7.05 Å². The highest BCUT2D eigenvalue weighted by atomic mass is 35.5. The molecule has 1 amide bonds. The summed E-state index contributed by atoms with van der Waals surface area (Å²) >= 11 is 5.87. The number of aliphatic hydroxyl groups is 1. The molecule has 0 saturated heterocycles. The zero-order valence-corrected chi connectivity index (χ0v) is 12.3. The molecule has 6 heteroatoms. The number of nitrogens with zero attached hydrogens (tertiary/aromatic N) is 2. The lowest BCUT2D eigenvalue weighted by molar-refractivity contribution is 0.102. The Morgan fingerprint density at radius 2 is 2.19 bits per heavy atom. The number of benzene rings is 1. The topological polar surface area (TPSA) is 65.5 Å². The van der Waals surface area contributed by atoms with Crippen LogP contribution in [0, 0.1) is 0 Å². The van der Waals surface area contributed by atoms with Gasteiger partial charge in [-0.3, -0.25) is 4.79 Å². The van der Waals surface area contributed by atoms with E-state index in [9.17, 15) is 4.79 Å². The number of aliphatic hydroxyl groups excluding tert-OH is 1. The van der Waals surface area contributed by atoms with Gasteiger partial charge in [0.05, 0.1) is 12.2 Å². The van der Waals surface area contributed by atoms with Gasteiger partial charge in [0.15, 0.2) is 0 Å². The molecule has 1 heterocycles. The number of rotatable bonds is 5. The summed E-state index contributed by atoms with van der Waals surface area (Å²) in [5.41, 5.74) is 1.09. The largest absolute Gasteiger partial charge is 0.395 e. The molecule has 0 saturated carbocycles. The third-order valence-corrected chi connectivity index (χ3v) is 3.15. The number of halogens is 1. The monoisotopic (exact) mass is 305 g/mol. The fourth-order valence-electron chi connectivity index (χ4n) is 1.78. The summed E-state index contributed by atoms with van der Waals surface area (Å²) in [6, 6.07) is 10.4. The second kappa shape index (κ2) is 7.06. The van der Waals surface area contributed by atoms with Crippen molar-refractivity contribution < 1.29 is 9.90 Å². The fourth-order valence-corrected chi connectivity index (χ4v) is 1.97. The van der Waals surface area contributed by atoms with E-state index >= 15 is 0 Å². The summed E-state index contributed by atoms with van der Waals surface area (Å²) in [5.74, 6) is 0.449. The van der Waals surface area contributed by atoms with E-state index in [1.165, 1.54) is 6.20 Å². The Morgan fingerprint density at radius 3 is 2.81 bits per heavy atom. The van der Waals surface area contributed by atoms with Crippen LogP contribution >= 0.6 is 11.6 Å². The summed E-state index contributed by atoms with van der Waals surface area (Å²) < 4.78 is 0. The van der Waals surface area contributed by atoms with Crippen molar-refractivity contribution in [2.45, 2.75) is 0 Å². The lowest BCUT2D eigenvalue weighted by atomic mass is 10.2. The first kappa shape index (κ1) is 15.3. The van der Waals surface area contributed by atoms with Crippen LogP contribution in [0.1, 0.15) is 10.4 Å². The molecule has 0 spiro atoms. The van der Waals surface area contributed by atoms with Gasteiger partial charge in [0, 0.05) is 30.5 Å². The standard InChI is InChI=1S/C15H16ClN3O2/c1-19(7-8-20)14-6-5-11(10-17-14)15(21)18-13-4-2-3-12(16)9-13/h2-6,9-10,20H,7-8H2,1H3,(H,18,21). The van der Waals surface area contributed by atoms with Crippen molar-refractivity contribution in [3.05, 3.63) is 53.2 Å². The van der Waals surface area contributed by atoms with Crippen LogP contribution in [0.3, 0.4) is 0 Å². The van der Waals surface area contributed by atoms with Crippen molar-refractivity contribution in [3.63, 3.8) is 0 Å². The Bertz CT molecular complexity index is 617. The molecule has 0 bridgehead atoms. The maximum absolute atomic E-state index is 12.1. The Hall–Kier alpha value is -2.11. The summed E-state index contributed by atoms with van der Waals surface area (Å²) in [6.45, 7) is 0.538. The zero-order valence-electron chi connectivity index (χ0n) is 11.6. The minimum absolute atomic E-state index is 0.0508. The van der Waals surface area contributed by atoms with Crippen molar-refractivity contribution >= 4 is 29.0 Å². The second-order valence-electron chi connectivity index (χ2n) is 4.51. The molecule has 2 rings (SSSR count). The van der Waals surface area contributed by atoms with Crippen LogP contribution in [0.4, 0.5) is 11.5 Å². The van der Waals surface area contributed by atoms with E-state index in [1.54, 1.807) is 41.3 Å². The molecule has 2 aromatic rings. The molecule has 1 aromatic carbocycles. The molecule has 0 radical (unpaired) electrons. The van der Waals surface area contributed by atoms with Gasteiger partial charge in [-0.1, -0.05) is 17.7 Å². The van der Waals surface area contributed by atoms with Gasteiger partial charge in [0.2, 0.25) is 0 Å². The quantitative estimate of drug-likeness (QED) is 0.890. The summed E-state index contributed by atoms with van der Waals surface area (Å²) in [7, 11) is 1.82. The van der Waals surface area contributed by atoms with Crippen LogP contribution in [0.25, 0.3) is 0 Å². The first-order chi connectivity index (χ1) is 10.1. The summed E-state index contributed by atoms with van der Waals surface area (Å²) in [6.07, 6.45) is 1.50. The molecule has 0 atom stereocenters. The molecule has 0 aliphatic carbocycles. The minimum atomic E-state index is -0.249. The first-order valence-electron chi connectivity index (χ1n) is 6.45. The van der Waals surface area contributed by atoms with E-state index in [4.69, 9.17) is 16.7 Å². The Balaban J connectivity index is 2.06. The number of carbonyl (C=O) groups is 1. The van der Waals surface area contributed by atoms with Gasteiger partial charge in [0.25, 0.3) is 5.91 Å². The van der Waals surface area contributed by atoms with Gasteiger partial charge < -0.3 is 15.3 Å². The number of hydrogen-bond acceptors (Lipinski definition) is 4. The van der Waals surface area contributed by atoms with E-state index in [2.05, 4.69) is 10.3 Å². The normalized spacial score (nSPS) is 10.2. The molecule has 0 aliphatic heterocycles. The Morgan fingerprint density at radius 1 is 1.38 bits per heavy atom. The van der Waals surface area contributed by atoms with Crippen molar-refractivity contribution in [2.24, 2.45) is 0 Å². The number of hydrogen-bond donors (Lipinski definition) is 2. The van der Waals surface area contributed by atoms with Crippen LogP contribution in [0.2, 0.25) is 5.02 Å². The molecular weight excluding hydrogens is 290 g/mol. The SMILES string of the molecule is CN(CCO)c1ccc(C(=O)Nc2cccc(Cl)c2)cn1. The summed E-state index contributed by atoms with van der Waals surface area (Å²) in [5, 5.41) is 12.2. The molecule has 21 heavy (non-hydrogen) atoms. The van der Waals surface area contributed by atoms with Gasteiger partial charge in [-0.15, -0.1) is 0 Å². The highest BCUT2D eigenvalue weighted by molar-refractivity contribution is 6.30. The van der Waals surface area contributed by atoms with Gasteiger partial charge in [-0.25, -0.2) is 4.98 Å². The van der Waals surface area contributed by atoms with E-state index < -0.39 is 0 Å². The second-order valence-corrected chi connectivity index (χ2v) is 4.95. The maximum Gasteiger partial charge on any atom is 0.257 e. The molecule has 0 aliphatic rings. The Kier molecular flexibility index (Phi) is 5.14. The lowest BCUT2D eigenvalue weighted by Gasteiger charge is -2.16. The number of amides is 1. The third-order valence-electron chi connectivity index (χ3n) is 2.92. The number of carbonyl (C=O) groups excluding carboxylic acids is 1. The number of anilines is 2. The van der Waals surface area contributed by atoms with Crippen LogP contribution in [-0.4, -0.2) is 36.2 Å². The van der Waals surface area contributed by atoms with Crippen molar-refractivity contribution in [1.29, 1.82) is 0 Å². The minimum Gasteiger partial charge on any atom is -0.395 e. The predicted molar refractivity (Wildman–Crippen MR) is 84.0 cm³/mol. The highest BCUT2D eigenvalue weighted by Gasteiger charge is 2.08.